The lowest BCUT2D eigenvalue weighted by atomic mass is 9.97. The third kappa shape index (κ3) is 3.94. The van der Waals surface area contributed by atoms with E-state index in [1.165, 1.54) is 0 Å². The molecule has 1 saturated carbocycles. The summed E-state index contributed by atoms with van der Waals surface area (Å²) < 4.78 is 1.05. The van der Waals surface area contributed by atoms with Crippen LogP contribution in [0.15, 0.2) is 28.7 Å². The molecule has 0 aromatic heterocycles. The van der Waals surface area contributed by atoms with Crippen molar-refractivity contribution >= 4 is 34.2 Å². The average molecular weight is 348 g/mol. The van der Waals surface area contributed by atoms with E-state index in [2.05, 4.69) is 15.9 Å². The third-order valence-electron chi connectivity index (χ3n) is 3.60. The maximum atomic E-state index is 12.3. The second-order valence-electron chi connectivity index (χ2n) is 5.15. The Kier molecular flexibility index (Phi) is 5.83. The number of benzene rings is 1. The molecular weight excluding hydrogens is 328 g/mol. The minimum absolute atomic E-state index is 0. The van der Waals surface area contributed by atoms with E-state index in [1.54, 1.807) is 4.90 Å². The van der Waals surface area contributed by atoms with Crippen molar-refractivity contribution in [3.63, 3.8) is 0 Å². The molecule has 0 unspecified atom stereocenters. The fraction of sp³-hybridized carbons (Fsp3) is 0.500. The number of likely N-dealkylation sites (N-methyl/N-ethyl adjacent to an activating group) is 1. The predicted octanol–water partition coefficient (Wildman–Crippen LogP) is 3.10. The molecule has 2 N–H and O–H groups in total. The van der Waals surface area contributed by atoms with Crippen LogP contribution in [0.1, 0.15) is 31.2 Å². The molecule has 1 aromatic carbocycles. The Morgan fingerprint density at radius 2 is 1.84 bits per heavy atom. The van der Waals surface area contributed by atoms with Crippen LogP contribution in [-0.4, -0.2) is 23.4 Å². The van der Waals surface area contributed by atoms with Gasteiger partial charge in [-0.05, 0) is 30.5 Å². The molecule has 2 rings (SSSR count). The lowest BCUT2D eigenvalue weighted by Gasteiger charge is -2.28. The molecule has 3 nitrogen and oxygen atoms in total. The van der Waals surface area contributed by atoms with E-state index < -0.39 is 5.54 Å². The first-order valence-corrected chi connectivity index (χ1v) is 7.09. The maximum absolute atomic E-state index is 12.3. The Morgan fingerprint density at radius 3 is 2.37 bits per heavy atom. The first kappa shape index (κ1) is 16.5. The van der Waals surface area contributed by atoms with Crippen molar-refractivity contribution < 1.29 is 4.79 Å². The van der Waals surface area contributed by atoms with Crippen LogP contribution in [0.3, 0.4) is 0 Å². The third-order valence-corrected chi connectivity index (χ3v) is 4.13. The van der Waals surface area contributed by atoms with Crippen molar-refractivity contribution in [3.05, 3.63) is 34.3 Å². The summed E-state index contributed by atoms with van der Waals surface area (Å²) in [5, 5.41) is 0. The van der Waals surface area contributed by atoms with Gasteiger partial charge in [0.25, 0.3) is 0 Å². The fourth-order valence-corrected chi connectivity index (χ4v) is 2.80. The van der Waals surface area contributed by atoms with Crippen LogP contribution in [-0.2, 0) is 11.3 Å². The second kappa shape index (κ2) is 6.73. The highest BCUT2D eigenvalue weighted by atomic mass is 79.9. The zero-order valence-electron chi connectivity index (χ0n) is 11.1. The Labute approximate surface area is 129 Å². The van der Waals surface area contributed by atoms with Crippen molar-refractivity contribution in [2.24, 2.45) is 5.73 Å². The molecule has 1 aliphatic rings. The van der Waals surface area contributed by atoms with Crippen LogP contribution in [0.4, 0.5) is 0 Å². The minimum atomic E-state index is -0.621. The molecule has 0 atom stereocenters. The number of carbonyl (C=O) groups is 1. The molecule has 0 bridgehead atoms. The number of nitrogens with two attached hydrogens (primary N) is 1. The van der Waals surface area contributed by atoms with Gasteiger partial charge in [0.15, 0.2) is 0 Å². The van der Waals surface area contributed by atoms with E-state index in [1.807, 2.05) is 31.3 Å². The summed E-state index contributed by atoms with van der Waals surface area (Å²) in [4.78, 5) is 14.1. The topological polar surface area (TPSA) is 46.3 Å². The van der Waals surface area contributed by atoms with Gasteiger partial charge in [-0.1, -0.05) is 40.9 Å². The van der Waals surface area contributed by atoms with Gasteiger partial charge in [0.1, 0.15) is 0 Å². The van der Waals surface area contributed by atoms with Crippen LogP contribution in [0.2, 0.25) is 0 Å². The van der Waals surface area contributed by atoms with Crippen LogP contribution in [0.25, 0.3) is 0 Å². The molecule has 106 valence electrons. The zero-order valence-corrected chi connectivity index (χ0v) is 13.5. The van der Waals surface area contributed by atoms with E-state index >= 15 is 0 Å². The fourth-order valence-electron chi connectivity index (χ4n) is 2.54. The molecule has 19 heavy (non-hydrogen) atoms. The molecule has 1 amide bonds. The minimum Gasteiger partial charge on any atom is -0.340 e. The van der Waals surface area contributed by atoms with Gasteiger partial charge in [-0.15, -0.1) is 12.4 Å². The number of carbonyl (C=O) groups excluding carboxylic acids is 1. The Balaban J connectivity index is 0.00000180. The van der Waals surface area contributed by atoms with E-state index in [4.69, 9.17) is 5.73 Å². The summed E-state index contributed by atoms with van der Waals surface area (Å²) in [6.45, 7) is 0.616. The number of hydrogen-bond acceptors (Lipinski definition) is 2. The molecule has 1 aromatic rings. The number of hydrogen-bond donors (Lipinski definition) is 1. The van der Waals surface area contributed by atoms with Gasteiger partial charge in [-0.2, -0.15) is 0 Å². The van der Waals surface area contributed by atoms with Gasteiger partial charge in [0.2, 0.25) is 5.91 Å². The summed E-state index contributed by atoms with van der Waals surface area (Å²) in [5.41, 5.74) is 6.68. The SMILES string of the molecule is CN(Cc1ccc(Br)cc1)C(=O)C1(N)CCCC1.Cl. The van der Waals surface area contributed by atoms with Crippen LogP contribution in [0.5, 0.6) is 0 Å². The van der Waals surface area contributed by atoms with Crippen LogP contribution in [0, 0.1) is 0 Å². The average Bonchev–Trinajstić information content (AvgIpc) is 2.79. The molecule has 0 heterocycles. The van der Waals surface area contributed by atoms with Crippen LogP contribution >= 0.6 is 28.3 Å². The monoisotopic (exact) mass is 346 g/mol. The largest absolute Gasteiger partial charge is 0.340 e. The number of amides is 1. The lowest BCUT2D eigenvalue weighted by molar-refractivity contribution is -0.136. The highest BCUT2D eigenvalue weighted by molar-refractivity contribution is 9.10. The Morgan fingerprint density at radius 1 is 1.32 bits per heavy atom. The van der Waals surface area contributed by atoms with Crippen molar-refractivity contribution in [1.82, 2.24) is 4.90 Å². The van der Waals surface area contributed by atoms with Gasteiger partial charge in [0, 0.05) is 18.1 Å². The molecule has 0 radical (unpaired) electrons. The Bertz CT molecular complexity index is 430. The van der Waals surface area contributed by atoms with Crippen LogP contribution < -0.4 is 5.73 Å². The highest BCUT2D eigenvalue weighted by Crippen LogP contribution is 2.29. The number of halogens is 2. The van der Waals surface area contributed by atoms with Crippen molar-refractivity contribution in [2.75, 3.05) is 7.05 Å². The molecule has 0 aliphatic heterocycles. The van der Waals surface area contributed by atoms with Crippen molar-refractivity contribution in [2.45, 2.75) is 37.8 Å². The normalized spacial score (nSPS) is 16.8. The zero-order chi connectivity index (χ0) is 13.2. The smallest absolute Gasteiger partial charge is 0.242 e. The summed E-state index contributed by atoms with van der Waals surface area (Å²) in [7, 11) is 1.83. The lowest BCUT2D eigenvalue weighted by Crippen LogP contribution is -2.52. The summed E-state index contributed by atoms with van der Waals surface area (Å²) in [5.74, 6) is 0.0721. The second-order valence-corrected chi connectivity index (χ2v) is 6.07. The molecule has 5 heteroatoms. The van der Waals surface area contributed by atoms with E-state index in [9.17, 15) is 4.79 Å². The van der Waals surface area contributed by atoms with Gasteiger partial charge >= 0.3 is 0 Å². The van der Waals surface area contributed by atoms with Gasteiger partial charge in [-0.25, -0.2) is 0 Å². The number of rotatable bonds is 3. The first-order chi connectivity index (χ1) is 8.51. The van der Waals surface area contributed by atoms with E-state index in [0.717, 1.165) is 35.7 Å². The first-order valence-electron chi connectivity index (χ1n) is 6.30. The highest BCUT2D eigenvalue weighted by Gasteiger charge is 2.38. The molecule has 1 aliphatic carbocycles. The predicted molar refractivity (Wildman–Crippen MR) is 83.3 cm³/mol. The molecule has 1 fully saturated rings. The summed E-state index contributed by atoms with van der Waals surface area (Å²) in [6, 6.07) is 8.01. The molecular formula is C14H20BrClN2O. The van der Waals surface area contributed by atoms with E-state index in [-0.39, 0.29) is 18.3 Å². The molecule has 0 saturated heterocycles. The number of nitrogens with zero attached hydrogens (tertiary/aromatic N) is 1. The van der Waals surface area contributed by atoms with Crippen molar-refractivity contribution in [1.29, 1.82) is 0 Å². The Hall–Kier alpha value is -0.580. The summed E-state index contributed by atoms with van der Waals surface area (Å²) in [6.07, 6.45) is 3.76. The van der Waals surface area contributed by atoms with Gasteiger partial charge in [-0.3, -0.25) is 4.79 Å². The standard InChI is InChI=1S/C14H19BrN2O.ClH/c1-17(10-11-4-6-12(15)7-5-11)13(18)14(16)8-2-3-9-14;/h4-7H,2-3,8-10,16H2,1H3;1H. The quantitative estimate of drug-likeness (QED) is 0.913. The maximum Gasteiger partial charge on any atom is 0.242 e. The van der Waals surface area contributed by atoms with E-state index in [0.29, 0.717) is 6.54 Å². The van der Waals surface area contributed by atoms with Gasteiger partial charge < -0.3 is 10.6 Å². The summed E-state index contributed by atoms with van der Waals surface area (Å²) >= 11 is 3.40. The molecule has 0 spiro atoms. The van der Waals surface area contributed by atoms with Gasteiger partial charge in [0.05, 0.1) is 5.54 Å². The van der Waals surface area contributed by atoms with Crippen molar-refractivity contribution in [3.8, 4) is 0 Å².